The molecular weight excluding hydrogens is 761 g/mol. The molecule has 8 heteroatoms. The molecule has 2 heterocycles. The molecule has 0 aromatic carbocycles. The van der Waals surface area contributed by atoms with Gasteiger partial charge in [0, 0.05) is 0 Å². The SMILES string of the molecule is CCCCCCCCCCCCCCCCCCSC1=C(SCCCCCCCCCCCCCCCCCC)SC(=C2SC(S)=C(S)S2)S1. The van der Waals surface area contributed by atoms with Crippen LogP contribution in [0.1, 0.15) is 219 Å². The number of unbranched alkanes of at least 4 members (excludes halogenated alkanes) is 30. The van der Waals surface area contributed by atoms with Gasteiger partial charge in [-0.15, -0.1) is 48.8 Å². The van der Waals surface area contributed by atoms with Gasteiger partial charge in [-0.05, 0) is 24.3 Å². The maximum Gasteiger partial charge on any atom is 0.0717 e. The van der Waals surface area contributed by atoms with Crippen LogP contribution in [0.5, 0.6) is 0 Å². The van der Waals surface area contributed by atoms with Gasteiger partial charge in [-0.25, -0.2) is 0 Å². The van der Waals surface area contributed by atoms with Crippen LogP contribution in [0.15, 0.2) is 25.4 Å². The van der Waals surface area contributed by atoms with Crippen LogP contribution in [-0.4, -0.2) is 11.5 Å². The highest BCUT2D eigenvalue weighted by Gasteiger charge is 2.28. The van der Waals surface area contributed by atoms with E-state index in [1.54, 1.807) is 32.0 Å². The second kappa shape index (κ2) is 35.4. The average molecular weight is 838 g/mol. The van der Waals surface area contributed by atoms with E-state index in [2.05, 4.69) is 62.6 Å². The number of thiol groups is 2. The summed E-state index contributed by atoms with van der Waals surface area (Å²) in [6.45, 7) is 4.61. The van der Waals surface area contributed by atoms with Gasteiger partial charge in [-0.1, -0.05) is 254 Å². The largest absolute Gasteiger partial charge is 0.135 e. The second-order valence-electron chi connectivity index (χ2n) is 14.5. The quantitative estimate of drug-likeness (QED) is 0.0473. The first-order chi connectivity index (χ1) is 24.7. The second-order valence-corrected chi connectivity index (χ2v) is 23.3. The highest BCUT2D eigenvalue weighted by Crippen LogP contribution is 2.64. The van der Waals surface area contributed by atoms with Crippen LogP contribution in [0.2, 0.25) is 0 Å². The summed E-state index contributed by atoms with van der Waals surface area (Å²) in [7, 11) is 0. The molecule has 0 fully saturated rings. The molecule has 2 aliphatic heterocycles. The summed E-state index contributed by atoms with van der Waals surface area (Å²) in [6, 6.07) is 0. The van der Waals surface area contributed by atoms with Crippen molar-refractivity contribution >= 4 is 95.8 Å². The third-order valence-electron chi connectivity index (χ3n) is 9.73. The summed E-state index contributed by atoms with van der Waals surface area (Å²) < 4.78 is 8.08. The lowest BCUT2D eigenvalue weighted by molar-refractivity contribution is 0.532. The molecular formula is C42H76S8. The molecule has 292 valence electrons. The van der Waals surface area contributed by atoms with Crippen molar-refractivity contribution in [1.82, 2.24) is 0 Å². The predicted octanol–water partition coefficient (Wildman–Crippen LogP) is 19.2. The topological polar surface area (TPSA) is 0 Å². The zero-order valence-corrected chi connectivity index (χ0v) is 39.1. The Morgan fingerprint density at radius 3 is 0.800 bits per heavy atom. The van der Waals surface area contributed by atoms with E-state index in [-0.39, 0.29) is 0 Å². The average Bonchev–Trinajstić information content (AvgIpc) is 3.68. The van der Waals surface area contributed by atoms with Gasteiger partial charge in [0.05, 0.1) is 25.4 Å². The summed E-state index contributed by atoms with van der Waals surface area (Å²) in [5, 5.41) is 0. The molecule has 0 unspecified atom stereocenters. The van der Waals surface area contributed by atoms with Gasteiger partial charge in [-0.3, -0.25) is 0 Å². The van der Waals surface area contributed by atoms with Crippen molar-refractivity contribution in [2.24, 2.45) is 0 Å². The lowest BCUT2D eigenvalue weighted by Crippen LogP contribution is -1.86. The summed E-state index contributed by atoms with van der Waals surface area (Å²) >= 11 is 21.2. The first-order valence-corrected chi connectivity index (χ1v) is 27.4. The fraction of sp³-hybridized carbons (Fsp3) is 0.857. The van der Waals surface area contributed by atoms with E-state index in [1.165, 1.54) is 225 Å². The van der Waals surface area contributed by atoms with Crippen LogP contribution < -0.4 is 0 Å². The summed E-state index contributed by atoms with van der Waals surface area (Å²) in [4.78, 5) is 0. The van der Waals surface area contributed by atoms with Crippen LogP contribution in [-0.2, 0) is 0 Å². The fourth-order valence-electron chi connectivity index (χ4n) is 6.53. The van der Waals surface area contributed by atoms with Crippen molar-refractivity contribution in [3.05, 3.63) is 25.4 Å². The Bertz CT molecular complexity index is 843. The molecule has 0 aliphatic carbocycles. The number of rotatable bonds is 36. The monoisotopic (exact) mass is 836 g/mol. The normalized spacial score (nSPS) is 15.1. The van der Waals surface area contributed by atoms with E-state index in [9.17, 15) is 0 Å². The van der Waals surface area contributed by atoms with Gasteiger partial charge >= 0.3 is 0 Å². The maximum atomic E-state index is 4.64. The first-order valence-electron chi connectivity index (χ1n) is 21.2. The van der Waals surface area contributed by atoms with Crippen molar-refractivity contribution in [3.63, 3.8) is 0 Å². The standard InChI is InChI=1S/C42H76S8/c1-3-5-7-9-11-13-15-17-19-21-23-25-27-29-31-33-35-45-39-40(50-42(49-39)41-47-37(43)38(44)48-41)46-36-34-32-30-28-26-24-22-20-18-16-14-12-10-8-6-4-2/h43-44H,3-36H2,1-2H3. The number of hydrogen-bond donors (Lipinski definition) is 2. The summed E-state index contributed by atoms with van der Waals surface area (Å²) in [5.74, 6) is 2.53. The Hall–Kier alpha value is 2.02. The molecule has 0 N–H and O–H groups in total. The van der Waals surface area contributed by atoms with Crippen LogP contribution in [0.4, 0.5) is 0 Å². The van der Waals surface area contributed by atoms with Crippen molar-refractivity contribution < 1.29 is 0 Å². The highest BCUT2D eigenvalue weighted by molar-refractivity contribution is 8.43. The van der Waals surface area contributed by atoms with Gasteiger partial charge in [0.15, 0.2) is 0 Å². The molecule has 0 atom stereocenters. The van der Waals surface area contributed by atoms with Gasteiger partial charge in [-0.2, -0.15) is 0 Å². The van der Waals surface area contributed by atoms with Gasteiger partial charge in [0.2, 0.25) is 0 Å². The van der Waals surface area contributed by atoms with E-state index in [0.717, 1.165) is 8.47 Å². The maximum absolute atomic E-state index is 4.64. The summed E-state index contributed by atoms with van der Waals surface area (Å²) in [5.41, 5.74) is 0. The van der Waals surface area contributed by atoms with Crippen molar-refractivity contribution in [2.75, 3.05) is 11.5 Å². The Balaban J connectivity index is 1.50. The molecule has 2 aliphatic rings. The minimum Gasteiger partial charge on any atom is -0.135 e. The van der Waals surface area contributed by atoms with E-state index in [0.29, 0.717) is 0 Å². The van der Waals surface area contributed by atoms with Gasteiger partial charge in [0.1, 0.15) is 0 Å². The molecule has 0 aromatic rings. The molecule has 0 bridgehead atoms. The molecule has 0 amide bonds. The Morgan fingerprint density at radius 2 is 0.540 bits per heavy atom. The third-order valence-corrected chi connectivity index (χ3v) is 19.6. The van der Waals surface area contributed by atoms with E-state index < -0.39 is 0 Å². The molecule has 0 saturated heterocycles. The Morgan fingerprint density at radius 1 is 0.320 bits per heavy atom. The molecule has 50 heavy (non-hydrogen) atoms. The lowest BCUT2D eigenvalue weighted by atomic mass is 10.0. The molecule has 0 radical (unpaired) electrons. The van der Waals surface area contributed by atoms with Gasteiger partial charge in [0.25, 0.3) is 0 Å². The summed E-state index contributed by atoms with van der Waals surface area (Å²) in [6.07, 6.45) is 46.0. The zero-order valence-electron chi connectivity index (χ0n) is 32.4. The molecule has 0 spiro atoms. The van der Waals surface area contributed by atoms with Gasteiger partial charge < -0.3 is 0 Å². The number of thioether (sulfide) groups is 6. The highest BCUT2D eigenvalue weighted by atomic mass is 32.3. The van der Waals surface area contributed by atoms with Crippen molar-refractivity contribution in [1.29, 1.82) is 0 Å². The fourth-order valence-corrected chi connectivity index (χ4v) is 16.0. The minimum absolute atomic E-state index is 1.05. The van der Waals surface area contributed by atoms with Crippen LogP contribution in [0.3, 0.4) is 0 Å². The predicted molar refractivity (Wildman–Crippen MR) is 253 cm³/mol. The van der Waals surface area contributed by atoms with E-state index in [4.69, 9.17) is 0 Å². The minimum atomic E-state index is 1.05. The first kappa shape index (κ1) is 48.2. The Labute approximate surface area is 349 Å². The Kier molecular flexibility index (Phi) is 34.1. The molecule has 0 nitrogen and oxygen atoms in total. The molecule has 0 saturated carbocycles. The lowest BCUT2D eigenvalue weighted by Gasteiger charge is -2.06. The van der Waals surface area contributed by atoms with Crippen molar-refractivity contribution in [2.45, 2.75) is 219 Å². The van der Waals surface area contributed by atoms with E-state index >= 15 is 0 Å². The molecule has 2 rings (SSSR count). The van der Waals surface area contributed by atoms with E-state index in [1.807, 2.05) is 23.5 Å². The smallest absolute Gasteiger partial charge is 0.0717 e. The van der Waals surface area contributed by atoms with Crippen LogP contribution >= 0.6 is 95.8 Å². The third kappa shape index (κ3) is 26.0. The van der Waals surface area contributed by atoms with Crippen LogP contribution in [0.25, 0.3) is 0 Å². The zero-order chi connectivity index (χ0) is 35.7. The van der Waals surface area contributed by atoms with Crippen LogP contribution in [0, 0.1) is 0 Å². The van der Waals surface area contributed by atoms with Crippen molar-refractivity contribution in [3.8, 4) is 0 Å². The number of hydrogen-bond acceptors (Lipinski definition) is 8. The molecule has 0 aromatic heterocycles.